The van der Waals surface area contributed by atoms with Crippen LogP contribution in [0.5, 0.6) is 0 Å². The SMILES string of the molecule is Cc1ccc(C(=O)NC2(C(N)=S)CCC(C)CC2)c(F)c1. The summed E-state index contributed by atoms with van der Waals surface area (Å²) < 4.78 is 13.9. The fourth-order valence-corrected chi connectivity index (χ4v) is 3.03. The quantitative estimate of drug-likeness (QED) is 0.844. The van der Waals surface area contributed by atoms with Crippen LogP contribution in [0.25, 0.3) is 0 Å². The van der Waals surface area contributed by atoms with Crippen molar-refractivity contribution in [1.82, 2.24) is 5.32 Å². The largest absolute Gasteiger partial charge is 0.391 e. The maximum absolute atomic E-state index is 13.9. The van der Waals surface area contributed by atoms with Crippen molar-refractivity contribution in [3.63, 3.8) is 0 Å². The Bertz CT molecular complexity index is 565. The van der Waals surface area contributed by atoms with Gasteiger partial charge in [0, 0.05) is 0 Å². The fraction of sp³-hybridized carbons (Fsp3) is 0.500. The summed E-state index contributed by atoms with van der Waals surface area (Å²) in [5, 5.41) is 2.88. The number of halogens is 1. The Morgan fingerprint density at radius 1 is 1.43 bits per heavy atom. The van der Waals surface area contributed by atoms with E-state index in [0.717, 1.165) is 18.4 Å². The molecule has 0 heterocycles. The van der Waals surface area contributed by atoms with Crippen LogP contribution in [0.3, 0.4) is 0 Å². The Morgan fingerprint density at radius 2 is 2.05 bits per heavy atom. The van der Waals surface area contributed by atoms with E-state index in [0.29, 0.717) is 18.8 Å². The van der Waals surface area contributed by atoms with Crippen molar-refractivity contribution in [1.29, 1.82) is 0 Å². The van der Waals surface area contributed by atoms with Crippen LogP contribution in [0.1, 0.15) is 48.5 Å². The molecule has 0 spiro atoms. The Labute approximate surface area is 130 Å². The van der Waals surface area contributed by atoms with Gasteiger partial charge in [-0.1, -0.05) is 25.2 Å². The molecule has 21 heavy (non-hydrogen) atoms. The number of amides is 1. The first-order valence-corrected chi connectivity index (χ1v) is 7.63. The molecule has 3 nitrogen and oxygen atoms in total. The van der Waals surface area contributed by atoms with E-state index in [1.165, 1.54) is 12.1 Å². The zero-order valence-corrected chi connectivity index (χ0v) is 13.2. The summed E-state index contributed by atoms with van der Waals surface area (Å²) >= 11 is 5.16. The second-order valence-corrected chi connectivity index (χ2v) is 6.51. The normalized spacial score (nSPS) is 25.4. The van der Waals surface area contributed by atoms with Gasteiger partial charge in [0.2, 0.25) is 0 Å². The highest BCUT2D eigenvalue weighted by atomic mass is 32.1. The molecule has 1 amide bonds. The van der Waals surface area contributed by atoms with Crippen molar-refractivity contribution < 1.29 is 9.18 Å². The van der Waals surface area contributed by atoms with Crippen LogP contribution in [0.15, 0.2) is 18.2 Å². The number of rotatable bonds is 3. The third-order valence-corrected chi connectivity index (χ3v) is 4.71. The molecular weight excluding hydrogens is 287 g/mol. The monoisotopic (exact) mass is 308 g/mol. The average molecular weight is 308 g/mol. The molecule has 1 fully saturated rings. The molecule has 114 valence electrons. The van der Waals surface area contributed by atoms with Crippen LogP contribution in [0.4, 0.5) is 4.39 Å². The molecule has 0 saturated heterocycles. The minimum Gasteiger partial charge on any atom is -0.391 e. The Kier molecular flexibility index (Phi) is 4.61. The summed E-state index contributed by atoms with van der Waals surface area (Å²) in [7, 11) is 0. The Balaban J connectivity index is 2.21. The van der Waals surface area contributed by atoms with Gasteiger partial charge in [0.15, 0.2) is 0 Å². The highest BCUT2D eigenvalue weighted by Gasteiger charge is 2.38. The third kappa shape index (κ3) is 3.40. The highest BCUT2D eigenvalue weighted by molar-refractivity contribution is 7.80. The molecular formula is C16H21FN2OS. The van der Waals surface area contributed by atoms with Crippen LogP contribution >= 0.6 is 12.2 Å². The lowest BCUT2D eigenvalue weighted by Crippen LogP contribution is -2.58. The number of nitrogens with one attached hydrogen (secondary N) is 1. The van der Waals surface area contributed by atoms with E-state index in [2.05, 4.69) is 12.2 Å². The zero-order chi connectivity index (χ0) is 15.6. The smallest absolute Gasteiger partial charge is 0.255 e. The van der Waals surface area contributed by atoms with Crippen molar-refractivity contribution >= 4 is 23.1 Å². The van der Waals surface area contributed by atoms with Crippen LogP contribution < -0.4 is 11.1 Å². The minimum absolute atomic E-state index is 0.0369. The number of hydrogen-bond acceptors (Lipinski definition) is 2. The number of carbonyl (C=O) groups excluding carboxylic acids is 1. The molecule has 1 aromatic carbocycles. The predicted octanol–water partition coefficient (Wildman–Crippen LogP) is 3.10. The van der Waals surface area contributed by atoms with Gasteiger partial charge in [0.25, 0.3) is 5.91 Å². The van der Waals surface area contributed by atoms with Gasteiger partial charge in [-0.25, -0.2) is 4.39 Å². The molecule has 5 heteroatoms. The van der Waals surface area contributed by atoms with Crippen molar-refractivity contribution in [2.45, 2.75) is 45.1 Å². The molecule has 0 radical (unpaired) electrons. The number of carbonyl (C=O) groups is 1. The van der Waals surface area contributed by atoms with Gasteiger partial charge >= 0.3 is 0 Å². The van der Waals surface area contributed by atoms with Crippen molar-refractivity contribution in [2.75, 3.05) is 0 Å². The molecule has 0 unspecified atom stereocenters. The molecule has 1 saturated carbocycles. The summed E-state index contributed by atoms with van der Waals surface area (Å²) in [5.74, 6) is -0.370. The van der Waals surface area contributed by atoms with Gasteiger partial charge in [-0.3, -0.25) is 4.79 Å². The number of hydrogen-bond donors (Lipinski definition) is 2. The molecule has 1 aliphatic carbocycles. The molecule has 3 N–H and O–H groups in total. The van der Waals surface area contributed by atoms with Crippen molar-refractivity contribution in [2.24, 2.45) is 11.7 Å². The highest BCUT2D eigenvalue weighted by Crippen LogP contribution is 2.32. The van der Waals surface area contributed by atoms with Gasteiger partial charge in [0.1, 0.15) is 5.82 Å². The molecule has 0 atom stereocenters. The summed E-state index contributed by atoms with van der Waals surface area (Å²) in [6.45, 7) is 3.95. The number of aryl methyl sites for hydroxylation is 1. The fourth-order valence-electron chi connectivity index (χ4n) is 2.78. The van der Waals surface area contributed by atoms with Crippen LogP contribution in [-0.4, -0.2) is 16.4 Å². The predicted molar refractivity (Wildman–Crippen MR) is 85.8 cm³/mol. The topological polar surface area (TPSA) is 55.1 Å². The van der Waals surface area contributed by atoms with Crippen molar-refractivity contribution in [3.05, 3.63) is 35.1 Å². The first kappa shape index (κ1) is 15.9. The first-order valence-electron chi connectivity index (χ1n) is 7.22. The maximum Gasteiger partial charge on any atom is 0.255 e. The summed E-state index contributed by atoms with van der Waals surface area (Å²) in [4.78, 5) is 12.7. The average Bonchev–Trinajstić information content (AvgIpc) is 2.41. The molecule has 1 aromatic rings. The van der Waals surface area contributed by atoms with Crippen LogP contribution in [-0.2, 0) is 0 Å². The lowest BCUT2D eigenvalue weighted by molar-refractivity contribution is 0.0896. The molecule has 0 aliphatic heterocycles. The summed E-state index contributed by atoms with van der Waals surface area (Å²) in [6, 6.07) is 4.57. The molecule has 0 bridgehead atoms. The van der Waals surface area contributed by atoms with Gasteiger partial charge in [0.05, 0.1) is 16.1 Å². The second-order valence-electron chi connectivity index (χ2n) is 6.07. The minimum atomic E-state index is -0.684. The van der Waals surface area contributed by atoms with Gasteiger partial charge in [-0.05, 0) is 56.2 Å². The van der Waals surface area contributed by atoms with E-state index in [9.17, 15) is 9.18 Å². The summed E-state index contributed by atoms with van der Waals surface area (Å²) in [5.41, 5.74) is 5.99. The van der Waals surface area contributed by atoms with Gasteiger partial charge < -0.3 is 11.1 Å². The van der Waals surface area contributed by atoms with E-state index in [-0.39, 0.29) is 10.6 Å². The van der Waals surface area contributed by atoms with E-state index < -0.39 is 17.3 Å². The van der Waals surface area contributed by atoms with E-state index >= 15 is 0 Å². The number of benzene rings is 1. The van der Waals surface area contributed by atoms with E-state index in [4.69, 9.17) is 18.0 Å². The standard InChI is InChI=1S/C16H21FN2OS/c1-10-5-7-16(8-6-10,15(18)21)19-14(20)12-4-3-11(2)9-13(12)17/h3-4,9-10H,5-8H2,1-2H3,(H2,18,21)(H,19,20). The van der Waals surface area contributed by atoms with E-state index in [1.807, 2.05) is 0 Å². The number of nitrogens with two attached hydrogens (primary N) is 1. The third-order valence-electron chi connectivity index (χ3n) is 4.32. The molecule has 1 aliphatic rings. The lowest BCUT2D eigenvalue weighted by Gasteiger charge is -2.39. The van der Waals surface area contributed by atoms with E-state index in [1.54, 1.807) is 13.0 Å². The van der Waals surface area contributed by atoms with Gasteiger partial charge in [-0.15, -0.1) is 0 Å². The Morgan fingerprint density at radius 3 is 2.57 bits per heavy atom. The second kappa shape index (κ2) is 6.10. The molecule has 2 rings (SSSR count). The number of thiocarbonyl (C=S) groups is 1. The van der Waals surface area contributed by atoms with Crippen LogP contribution in [0.2, 0.25) is 0 Å². The Hall–Kier alpha value is -1.49. The lowest BCUT2D eigenvalue weighted by atomic mass is 9.77. The maximum atomic E-state index is 13.9. The van der Waals surface area contributed by atoms with Crippen molar-refractivity contribution in [3.8, 4) is 0 Å². The van der Waals surface area contributed by atoms with Gasteiger partial charge in [-0.2, -0.15) is 0 Å². The zero-order valence-electron chi connectivity index (χ0n) is 12.4. The molecule has 0 aromatic heterocycles. The first-order chi connectivity index (χ1) is 9.84. The van der Waals surface area contributed by atoms with Crippen LogP contribution in [0, 0.1) is 18.7 Å². The summed E-state index contributed by atoms with van der Waals surface area (Å²) in [6.07, 6.45) is 3.33.